The van der Waals surface area contributed by atoms with Crippen LogP contribution < -0.4 is 5.32 Å². The summed E-state index contributed by atoms with van der Waals surface area (Å²) >= 11 is 0. The normalized spacial score (nSPS) is 20.1. The van der Waals surface area contributed by atoms with E-state index in [1.54, 1.807) is 0 Å². The number of nitrogens with one attached hydrogen (secondary N) is 1. The summed E-state index contributed by atoms with van der Waals surface area (Å²) in [6.45, 7) is 4.30. The van der Waals surface area contributed by atoms with Crippen LogP contribution in [0, 0.1) is 6.92 Å². The van der Waals surface area contributed by atoms with E-state index >= 15 is 0 Å². The highest BCUT2D eigenvalue weighted by atomic mass is 16.6. The van der Waals surface area contributed by atoms with Gasteiger partial charge in [0.05, 0.1) is 28.9 Å². The summed E-state index contributed by atoms with van der Waals surface area (Å²) in [5, 5.41) is 11.6. The Balaban J connectivity index is 1.54. The van der Waals surface area contributed by atoms with Crippen LogP contribution in [0.1, 0.15) is 60.3 Å². The van der Waals surface area contributed by atoms with Crippen LogP contribution >= 0.6 is 0 Å². The molecule has 1 amide bonds. The molecule has 1 N–H and O–H groups in total. The lowest BCUT2D eigenvalue weighted by atomic mass is 10.1. The van der Waals surface area contributed by atoms with E-state index in [1.165, 1.54) is 0 Å². The molecule has 7 heteroatoms. The maximum absolute atomic E-state index is 12.7. The van der Waals surface area contributed by atoms with Crippen molar-refractivity contribution in [2.24, 2.45) is 5.16 Å². The molecule has 3 heterocycles. The van der Waals surface area contributed by atoms with Gasteiger partial charge in [-0.05, 0) is 32.3 Å². The Bertz CT molecular complexity index is 823. The first-order valence-electron chi connectivity index (χ1n) is 8.42. The maximum Gasteiger partial charge on any atom is 0.259 e. The van der Waals surface area contributed by atoms with Crippen LogP contribution in [0.3, 0.4) is 0 Å². The lowest BCUT2D eigenvalue weighted by Crippen LogP contribution is -2.32. The molecule has 0 radical (unpaired) electrons. The van der Waals surface area contributed by atoms with Gasteiger partial charge >= 0.3 is 0 Å². The van der Waals surface area contributed by atoms with Crippen molar-refractivity contribution in [3.05, 3.63) is 23.0 Å². The Morgan fingerprint density at radius 3 is 2.96 bits per heavy atom. The summed E-state index contributed by atoms with van der Waals surface area (Å²) in [5.41, 5.74) is 3.65. The SMILES string of the molecule is CCC1=NOC(CNC(=O)c2cc(C3CC3)nc3onc(C)c23)C1. The van der Waals surface area contributed by atoms with E-state index in [2.05, 4.69) is 20.6 Å². The van der Waals surface area contributed by atoms with Gasteiger partial charge in [0, 0.05) is 18.0 Å². The second kappa shape index (κ2) is 5.89. The molecular formula is C17H20N4O3. The van der Waals surface area contributed by atoms with E-state index < -0.39 is 0 Å². The number of carbonyl (C=O) groups excluding carboxylic acids is 1. The van der Waals surface area contributed by atoms with Gasteiger partial charge in [-0.3, -0.25) is 4.79 Å². The van der Waals surface area contributed by atoms with Crippen LogP contribution in [0.2, 0.25) is 0 Å². The summed E-state index contributed by atoms with van der Waals surface area (Å²) in [7, 11) is 0. The lowest BCUT2D eigenvalue weighted by molar-refractivity contribution is 0.0754. The number of nitrogens with zero attached hydrogens (tertiary/aromatic N) is 3. The van der Waals surface area contributed by atoms with Crippen molar-refractivity contribution < 1.29 is 14.2 Å². The summed E-state index contributed by atoms with van der Waals surface area (Å²) in [4.78, 5) is 22.6. The zero-order valence-electron chi connectivity index (χ0n) is 13.8. The quantitative estimate of drug-likeness (QED) is 0.911. The third kappa shape index (κ3) is 2.74. The molecule has 1 atom stereocenters. The highest BCUT2D eigenvalue weighted by molar-refractivity contribution is 6.06. The minimum Gasteiger partial charge on any atom is -0.390 e. The number of hydrogen-bond donors (Lipinski definition) is 1. The van der Waals surface area contributed by atoms with Crippen LogP contribution in [-0.2, 0) is 4.84 Å². The van der Waals surface area contributed by atoms with Crippen molar-refractivity contribution in [2.45, 2.75) is 51.6 Å². The maximum atomic E-state index is 12.7. The molecule has 126 valence electrons. The Morgan fingerprint density at radius 2 is 2.25 bits per heavy atom. The van der Waals surface area contributed by atoms with Crippen LogP contribution in [0.4, 0.5) is 0 Å². The first-order valence-corrected chi connectivity index (χ1v) is 8.42. The number of aromatic nitrogens is 2. The predicted molar refractivity (Wildman–Crippen MR) is 88.1 cm³/mol. The average molecular weight is 328 g/mol. The van der Waals surface area contributed by atoms with Gasteiger partial charge < -0.3 is 14.7 Å². The van der Waals surface area contributed by atoms with Gasteiger partial charge in [0.25, 0.3) is 11.6 Å². The molecule has 0 saturated heterocycles. The fourth-order valence-electron chi connectivity index (χ4n) is 2.99. The summed E-state index contributed by atoms with van der Waals surface area (Å²) in [6, 6.07) is 1.88. The van der Waals surface area contributed by atoms with Crippen LogP contribution in [0.5, 0.6) is 0 Å². The van der Waals surface area contributed by atoms with Crippen molar-refractivity contribution >= 4 is 22.7 Å². The van der Waals surface area contributed by atoms with Crippen molar-refractivity contribution in [3.8, 4) is 0 Å². The number of hydrogen-bond acceptors (Lipinski definition) is 6. The molecular weight excluding hydrogens is 308 g/mol. The number of pyridine rings is 1. The zero-order chi connectivity index (χ0) is 16.7. The topological polar surface area (TPSA) is 89.6 Å². The second-order valence-electron chi connectivity index (χ2n) is 6.47. The van der Waals surface area contributed by atoms with Gasteiger partial charge in [-0.2, -0.15) is 0 Å². The number of amides is 1. The van der Waals surface area contributed by atoms with Gasteiger partial charge in [-0.15, -0.1) is 0 Å². The first kappa shape index (κ1) is 15.1. The Hall–Kier alpha value is -2.44. The number of oxime groups is 1. The van der Waals surface area contributed by atoms with Crippen LogP contribution in [-0.4, -0.2) is 34.4 Å². The minimum atomic E-state index is -0.149. The number of rotatable bonds is 5. The first-order chi connectivity index (χ1) is 11.7. The smallest absolute Gasteiger partial charge is 0.259 e. The molecule has 2 aliphatic rings. The van der Waals surface area contributed by atoms with Crippen molar-refractivity contribution in [2.75, 3.05) is 6.54 Å². The molecule has 0 spiro atoms. The van der Waals surface area contributed by atoms with E-state index in [-0.39, 0.29) is 12.0 Å². The van der Waals surface area contributed by atoms with Crippen molar-refractivity contribution in [1.82, 2.24) is 15.5 Å². The van der Waals surface area contributed by atoms with E-state index in [1.807, 2.05) is 19.9 Å². The third-order valence-electron chi connectivity index (χ3n) is 4.57. The second-order valence-corrected chi connectivity index (χ2v) is 6.47. The number of aryl methyl sites for hydroxylation is 1. The standard InChI is InChI=1S/C17H20N4O3/c1-3-11-6-12(23-21-11)8-18-16(22)13-7-14(10-4-5-10)19-17-15(13)9(2)20-24-17/h7,10,12H,3-6,8H2,1-2H3,(H,18,22). The Labute approximate surface area is 139 Å². The van der Waals surface area contributed by atoms with E-state index in [0.29, 0.717) is 34.8 Å². The largest absolute Gasteiger partial charge is 0.390 e. The molecule has 1 saturated carbocycles. The van der Waals surface area contributed by atoms with E-state index in [0.717, 1.165) is 37.1 Å². The minimum absolute atomic E-state index is 0.0901. The van der Waals surface area contributed by atoms with Gasteiger partial charge in [0.15, 0.2) is 0 Å². The highest BCUT2D eigenvalue weighted by Gasteiger charge is 2.29. The van der Waals surface area contributed by atoms with E-state index in [9.17, 15) is 4.79 Å². The molecule has 4 rings (SSSR count). The number of fused-ring (bicyclic) bond motifs is 1. The zero-order valence-corrected chi connectivity index (χ0v) is 13.8. The Kier molecular flexibility index (Phi) is 3.70. The predicted octanol–water partition coefficient (Wildman–Crippen LogP) is 2.69. The molecule has 24 heavy (non-hydrogen) atoms. The van der Waals surface area contributed by atoms with Crippen LogP contribution in [0.15, 0.2) is 15.7 Å². The van der Waals surface area contributed by atoms with Crippen LogP contribution in [0.25, 0.3) is 11.1 Å². The average Bonchev–Trinajstić information content (AvgIpc) is 3.24. The lowest BCUT2D eigenvalue weighted by Gasteiger charge is -2.11. The fraction of sp³-hybridized carbons (Fsp3) is 0.529. The molecule has 2 aromatic rings. The fourth-order valence-corrected chi connectivity index (χ4v) is 2.99. The van der Waals surface area contributed by atoms with Gasteiger partial charge in [0.1, 0.15) is 6.10 Å². The molecule has 0 aromatic carbocycles. The molecule has 1 aliphatic carbocycles. The molecule has 7 nitrogen and oxygen atoms in total. The number of carbonyl (C=O) groups is 1. The van der Waals surface area contributed by atoms with Crippen molar-refractivity contribution in [1.29, 1.82) is 0 Å². The molecule has 2 aromatic heterocycles. The monoisotopic (exact) mass is 328 g/mol. The highest BCUT2D eigenvalue weighted by Crippen LogP contribution is 2.40. The van der Waals surface area contributed by atoms with Gasteiger partial charge in [0.2, 0.25) is 0 Å². The molecule has 0 bridgehead atoms. The molecule has 1 unspecified atom stereocenters. The van der Waals surface area contributed by atoms with Crippen molar-refractivity contribution in [3.63, 3.8) is 0 Å². The van der Waals surface area contributed by atoms with Gasteiger partial charge in [-0.1, -0.05) is 17.2 Å². The molecule has 1 fully saturated rings. The summed E-state index contributed by atoms with van der Waals surface area (Å²) < 4.78 is 5.28. The third-order valence-corrected chi connectivity index (χ3v) is 4.57. The Morgan fingerprint density at radius 1 is 1.42 bits per heavy atom. The summed E-state index contributed by atoms with van der Waals surface area (Å²) in [6.07, 6.45) is 3.77. The van der Waals surface area contributed by atoms with E-state index in [4.69, 9.17) is 9.36 Å². The summed E-state index contributed by atoms with van der Waals surface area (Å²) in [5.74, 6) is 0.286. The molecule has 1 aliphatic heterocycles. The van der Waals surface area contributed by atoms with Gasteiger partial charge in [-0.25, -0.2) is 4.98 Å².